The number of nitrogens with zero attached hydrogens (tertiary/aromatic N) is 3. The van der Waals surface area contributed by atoms with Gasteiger partial charge in [0.1, 0.15) is 16.4 Å². The molecule has 0 aliphatic carbocycles. The molecular formula is C27H27N3O6S. The largest absolute Gasteiger partial charge is 0.507 e. The highest BCUT2D eigenvalue weighted by Crippen LogP contribution is 2.44. The van der Waals surface area contributed by atoms with E-state index in [9.17, 15) is 19.5 Å². The van der Waals surface area contributed by atoms with Crippen LogP contribution in [0.2, 0.25) is 0 Å². The van der Waals surface area contributed by atoms with Crippen molar-refractivity contribution in [3.8, 4) is 5.75 Å². The van der Waals surface area contributed by atoms with Gasteiger partial charge in [0, 0.05) is 18.0 Å². The molecule has 2 aromatic heterocycles. The molecule has 10 heteroatoms. The van der Waals surface area contributed by atoms with E-state index in [1.807, 2.05) is 0 Å². The molecule has 1 unspecified atom stereocenters. The average Bonchev–Trinajstić information content (AvgIpc) is 3.43. The molecule has 1 aliphatic rings. The van der Waals surface area contributed by atoms with Gasteiger partial charge in [-0.05, 0) is 43.2 Å². The lowest BCUT2D eigenvalue weighted by molar-refractivity contribution is -0.132. The Morgan fingerprint density at radius 3 is 2.62 bits per heavy atom. The molecule has 0 bridgehead atoms. The second-order valence-corrected chi connectivity index (χ2v) is 9.41. The molecule has 9 nitrogen and oxygen atoms in total. The third kappa shape index (κ3) is 5.24. The fourth-order valence-corrected chi connectivity index (χ4v) is 5.11. The van der Waals surface area contributed by atoms with Crippen molar-refractivity contribution in [2.24, 2.45) is 0 Å². The fourth-order valence-electron chi connectivity index (χ4n) is 4.09. The molecule has 1 N–H and O–H groups in total. The highest BCUT2D eigenvalue weighted by atomic mass is 32.1. The maximum atomic E-state index is 13.4. The number of unbranched alkanes of at least 4 members (excludes halogenated alkanes) is 2. The molecule has 1 amide bonds. The molecule has 1 aromatic carbocycles. The van der Waals surface area contributed by atoms with Gasteiger partial charge in [-0.25, -0.2) is 9.78 Å². The third-order valence-electron chi connectivity index (χ3n) is 5.95. The van der Waals surface area contributed by atoms with Gasteiger partial charge in [-0.15, -0.1) is 0 Å². The van der Waals surface area contributed by atoms with Crippen molar-refractivity contribution in [1.29, 1.82) is 0 Å². The molecule has 37 heavy (non-hydrogen) atoms. The molecule has 0 radical (unpaired) electrons. The van der Waals surface area contributed by atoms with Gasteiger partial charge in [0.25, 0.3) is 5.78 Å². The van der Waals surface area contributed by atoms with E-state index in [1.165, 1.54) is 24.4 Å². The van der Waals surface area contributed by atoms with E-state index >= 15 is 0 Å². The Morgan fingerprint density at radius 1 is 1.16 bits per heavy atom. The van der Waals surface area contributed by atoms with Gasteiger partial charge in [0.05, 0.1) is 31.0 Å². The second kappa shape index (κ2) is 11.3. The fraction of sp³-hybridized carbons (Fsp3) is 0.296. The second-order valence-electron chi connectivity index (χ2n) is 8.44. The van der Waals surface area contributed by atoms with E-state index in [4.69, 9.17) is 9.47 Å². The number of ether oxygens (including phenoxy) is 2. The van der Waals surface area contributed by atoms with Crippen LogP contribution in [0.5, 0.6) is 5.75 Å². The summed E-state index contributed by atoms with van der Waals surface area (Å²) in [5, 5.41) is 11.3. The number of pyridine rings is 1. The molecule has 1 fully saturated rings. The highest BCUT2D eigenvalue weighted by Gasteiger charge is 2.48. The first-order valence-electron chi connectivity index (χ1n) is 11.9. The zero-order valence-corrected chi connectivity index (χ0v) is 21.6. The highest BCUT2D eigenvalue weighted by molar-refractivity contribution is 7.17. The summed E-state index contributed by atoms with van der Waals surface area (Å²) in [5.74, 6) is -2.06. The first-order chi connectivity index (χ1) is 17.9. The summed E-state index contributed by atoms with van der Waals surface area (Å²) in [6.45, 7) is 4.26. The van der Waals surface area contributed by atoms with Crippen LogP contribution in [0.25, 0.3) is 5.76 Å². The number of Topliss-reactive ketones (excluding diaryl/α,β-unsaturated/α-hetero) is 1. The lowest BCUT2D eigenvalue weighted by Gasteiger charge is -2.23. The van der Waals surface area contributed by atoms with E-state index in [0.717, 1.165) is 30.6 Å². The number of carbonyl (C=O) groups is 3. The first kappa shape index (κ1) is 26.0. The molecular weight excluding hydrogens is 494 g/mol. The van der Waals surface area contributed by atoms with Crippen LogP contribution in [-0.4, -0.2) is 46.5 Å². The van der Waals surface area contributed by atoms with Crippen LogP contribution in [0.1, 0.15) is 58.7 Å². The Balaban J connectivity index is 1.84. The lowest BCUT2D eigenvalue weighted by Crippen LogP contribution is -2.29. The van der Waals surface area contributed by atoms with Gasteiger partial charge in [0.15, 0.2) is 5.13 Å². The zero-order chi connectivity index (χ0) is 26.5. The number of aromatic nitrogens is 2. The van der Waals surface area contributed by atoms with Crippen molar-refractivity contribution in [2.75, 3.05) is 18.6 Å². The summed E-state index contributed by atoms with van der Waals surface area (Å²) >= 11 is 0.949. The summed E-state index contributed by atoms with van der Waals surface area (Å²) in [5.41, 5.74) is 1.17. The van der Waals surface area contributed by atoms with Crippen molar-refractivity contribution in [2.45, 2.75) is 39.2 Å². The number of hydrogen-bond acceptors (Lipinski definition) is 9. The predicted molar refractivity (Wildman–Crippen MR) is 139 cm³/mol. The van der Waals surface area contributed by atoms with Crippen molar-refractivity contribution in [1.82, 2.24) is 9.97 Å². The molecule has 4 rings (SSSR count). The number of ketones is 1. The standard InChI is InChI=1S/C27H27N3O6S/c1-4-5-6-14-36-19-9-7-8-18(15-19)21-20(22(31)17-10-12-28-13-11-17)23(32)25(33)30(21)27-29-16(2)24(37-27)26(34)35-3/h7-13,15,21,31H,4-6,14H2,1-3H3. The Labute approximate surface area is 218 Å². The Hall–Kier alpha value is -4.05. The minimum Gasteiger partial charge on any atom is -0.507 e. The van der Waals surface area contributed by atoms with E-state index in [-0.39, 0.29) is 21.3 Å². The number of rotatable bonds is 9. The van der Waals surface area contributed by atoms with Gasteiger partial charge in [-0.1, -0.05) is 43.2 Å². The first-order valence-corrected chi connectivity index (χ1v) is 12.7. The number of thiazole rings is 1. The summed E-state index contributed by atoms with van der Waals surface area (Å²) in [6.07, 6.45) is 5.97. The van der Waals surface area contributed by atoms with Crippen LogP contribution in [0.15, 0.2) is 54.4 Å². The van der Waals surface area contributed by atoms with Crippen LogP contribution < -0.4 is 9.64 Å². The summed E-state index contributed by atoms with van der Waals surface area (Å²) in [4.78, 5) is 48.7. The molecule has 1 atom stereocenters. The van der Waals surface area contributed by atoms with Crippen molar-refractivity contribution in [3.05, 3.63) is 76.1 Å². The monoisotopic (exact) mass is 521 g/mol. The Bertz CT molecular complexity index is 1350. The minimum absolute atomic E-state index is 0.0909. The van der Waals surface area contributed by atoms with Crippen LogP contribution in [0.3, 0.4) is 0 Å². The van der Waals surface area contributed by atoms with E-state index < -0.39 is 23.7 Å². The number of methoxy groups -OCH3 is 1. The lowest BCUT2D eigenvalue weighted by atomic mass is 9.95. The normalized spacial score (nSPS) is 16.7. The van der Waals surface area contributed by atoms with Crippen LogP contribution in [0.4, 0.5) is 5.13 Å². The smallest absolute Gasteiger partial charge is 0.350 e. The minimum atomic E-state index is -0.997. The maximum absolute atomic E-state index is 13.4. The van der Waals surface area contributed by atoms with Gasteiger partial charge in [-0.2, -0.15) is 0 Å². The van der Waals surface area contributed by atoms with Crippen LogP contribution in [-0.2, 0) is 14.3 Å². The van der Waals surface area contributed by atoms with Gasteiger partial charge >= 0.3 is 11.9 Å². The van der Waals surface area contributed by atoms with Crippen molar-refractivity contribution in [3.63, 3.8) is 0 Å². The van der Waals surface area contributed by atoms with E-state index in [0.29, 0.717) is 29.2 Å². The quantitative estimate of drug-likeness (QED) is 0.140. The number of aryl methyl sites for hydroxylation is 1. The molecule has 0 spiro atoms. The Kier molecular flexibility index (Phi) is 7.98. The average molecular weight is 522 g/mol. The van der Waals surface area contributed by atoms with E-state index in [2.05, 4.69) is 16.9 Å². The Morgan fingerprint density at radius 2 is 1.92 bits per heavy atom. The molecule has 3 heterocycles. The number of amides is 1. The number of aliphatic hydroxyl groups is 1. The SMILES string of the molecule is CCCCCOc1cccc(C2C(=C(O)c3ccncc3)C(=O)C(=O)N2c2nc(C)c(C(=O)OC)s2)c1. The topological polar surface area (TPSA) is 119 Å². The molecule has 0 saturated carbocycles. The number of anilines is 1. The number of benzene rings is 1. The van der Waals surface area contributed by atoms with Crippen LogP contribution >= 0.6 is 11.3 Å². The number of hydrogen-bond donors (Lipinski definition) is 1. The molecule has 1 aliphatic heterocycles. The van der Waals surface area contributed by atoms with Gasteiger partial charge in [-0.3, -0.25) is 19.5 Å². The van der Waals surface area contributed by atoms with E-state index in [1.54, 1.807) is 43.3 Å². The predicted octanol–water partition coefficient (Wildman–Crippen LogP) is 4.83. The third-order valence-corrected chi connectivity index (χ3v) is 7.09. The zero-order valence-electron chi connectivity index (χ0n) is 20.8. The van der Waals surface area contributed by atoms with Crippen molar-refractivity contribution >= 4 is 39.9 Å². The number of esters is 1. The molecule has 3 aromatic rings. The number of aliphatic hydroxyl groups excluding tert-OH is 1. The summed E-state index contributed by atoms with van der Waals surface area (Å²) in [7, 11) is 1.26. The summed E-state index contributed by atoms with van der Waals surface area (Å²) in [6, 6.07) is 9.17. The summed E-state index contributed by atoms with van der Waals surface area (Å²) < 4.78 is 10.7. The van der Waals surface area contributed by atoms with Gasteiger partial charge < -0.3 is 14.6 Å². The number of carbonyl (C=O) groups excluding carboxylic acids is 3. The van der Waals surface area contributed by atoms with Gasteiger partial charge in [0.2, 0.25) is 0 Å². The maximum Gasteiger partial charge on any atom is 0.350 e. The van der Waals surface area contributed by atoms with Crippen molar-refractivity contribution < 1.29 is 29.0 Å². The molecule has 1 saturated heterocycles. The van der Waals surface area contributed by atoms with Crippen LogP contribution in [0, 0.1) is 6.92 Å². The molecule has 192 valence electrons.